The topological polar surface area (TPSA) is 50.7 Å². The van der Waals surface area contributed by atoms with E-state index in [1.807, 2.05) is 49.5 Å². The van der Waals surface area contributed by atoms with Crippen molar-refractivity contribution in [1.29, 1.82) is 0 Å². The van der Waals surface area contributed by atoms with Crippen molar-refractivity contribution in [3.8, 4) is 22.5 Å². The fourth-order valence-electron chi connectivity index (χ4n) is 2.84. The monoisotopic (exact) mass is 380 g/mol. The number of aromatic nitrogens is 3. The number of nitrogens with zero attached hydrogens (tertiary/aromatic N) is 3. The summed E-state index contributed by atoms with van der Waals surface area (Å²) < 4.78 is 0. The van der Waals surface area contributed by atoms with Gasteiger partial charge in [0, 0.05) is 40.4 Å². The molecule has 2 aromatic carbocycles. The van der Waals surface area contributed by atoms with Gasteiger partial charge < -0.3 is 5.32 Å². The number of halogens is 2. The van der Waals surface area contributed by atoms with Gasteiger partial charge in [-0.05, 0) is 53.6 Å². The third-order valence-electron chi connectivity index (χ3n) is 4.05. The lowest BCUT2D eigenvalue weighted by atomic mass is 10.0. The van der Waals surface area contributed by atoms with Crippen LogP contribution in [0.5, 0.6) is 0 Å². The number of hydrogen-bond acceptors (Lipinski definition) is 4. The number of rotatable bonds is 3. The first kappa shape index (κ1) is 16.8. The molecule has 0 spiro atoms. The molecule has 0 bridgehead atoms. The third kappa shape index (κ3) is 3.21. The van der Waals surface area contributed by atoms with Gasteiger partial charge in [0.1, 0.15) is 5.82 Å². The first-order valence-electron chi connectivity index (χ1n) is 8.00. The van der Waals surface area contributed by atoms with Crippen molar-refractivity contribution in [1.82, 2.24) is 15.0 Å². The zero-order valence-electron chi connectivity index (χ0n) is 13.9. The van der Waals surface area contributed by atoms with Crippen LogP contribution in [0.2, 0.25) is 10.0 Å². The Balaban J connectivity index is 1.88. The molecule has 6 heteroatoms. The predicted molar refractivity (Wildman–Crippen MR) is 108 cm³/mol. The number of fused-ring (bicyclic) bond motifs is 1. The standard InChI is InChI=1S/C20H14Cl2N4/c1-23-20-17-9-12(14-7-15(21)10-16(22)8-14)4-5-18(17)25-19(26-20)13-3-2-6-24-11-13/h2-11H,1H3,(H,23,25,26). The summed E-state index contributed by atoms with van der Waals surface area (Å²) in [6.45, 7) is 0. The van der Waals surface area contributed by atoms with Gasteiger partial charge in [0.05, 0.1) is 5.52 Å². The summed E-state index contributed by atoms with van der Waals surface area (Å²) in [7, 11) is 1.84. The molecule has 128 valence electrons. The highest BCUT2D eigenvalue weighted by Gasteiger charge is 2.11. The average Bonchev–Trinajstić information content (AvgIpc) is 2.66. The van der Waals surface area contributed by atoms with Crippen LogP contribution in [-0.2, 0) is 0 Å². The van der Waals surface area contributed by atoms with Gasteiger partial charge in [0.2, 0.25) is 0 Å². The van der Waals surface area contributed by atoms with Crippen molar-refractivity contribution in [2.24, 2.45) is 0 Å². The highest BCUT2D eigenvalue weighted by molar-refractivity contribution is 6.35. The lowest BCUT2D eigenvalue weighted by Crippen LogP contribution is -1.99. The first-order valence-corrected chi connectivity index (χ1v) is 8.76. The van der Waals surface area contributed by atoms with Crippen LogP contribution in [0.1, 0.15) is 0 Å². The van der Waals surface area contributed by atoms with E-state index in [0.717, 1.165) is 33.4 Å². The minimum absolute atomic E-state index is 0.601. The Morgan fingerprint density at radius 3 is 2.35 bits per heavy atom. The van der Waals surface area contributed by atoms with Gasteiger partial charge >= 0.3 is 0 Å². The van der Waals surface area contributed by atoms with Gasteiger partial charge in [0.15, 0.2) is 5.82 Å². The van der Waals surface area contributed by atoms with E-state index < -0.39 is 0 Å². The molecule has 0 unspecified atom stereocenters. The van der Waals surface area contributed by atoms with Crippen LogP contribution in [0.15, 0.2) is 60.9 Å². The SMILES string of the molecule is CNc1nc(-c2cccnc2)nc2ccc(-c3cc(Cl)cc(Cl)c3)cc12. The van der Waals surface area contributed by atoms with E-state index in [1.165, 1.54) is 0 Å². The van der Waals surface area contributed by atoms with Crippen molar-refractivity contribution >= 4 is 39.9 Å². The summed E-state index contributed by atoms with van der Waals surface area (Å²) in [5.41, 5.74) is 3.66. The Hall–Kier alpha value is -2.69. The third-order valence-corrected chi connectivity index (χ3v) is 4.48. The first-order chi connectivity index (χ1) is 12.6. The normalized spacial score (nSPS) is 10.9. The molecule has 0 saturated heterocycles. The van der Waals surface area contributed by atoms with E-state index in [1.54, 1.807) is 18.5 Å². The molecular weight excluding hydrogens is 367 g/mol. The maximum Gasteiger partial charge on any atom is 0.163 e. The molecule has 2 heterocycles. The molecular formula is C20H14Cl2N4. The van der Waals surface area contributed by atoms with Gasteiger partial charge in [-0.2, -0.15) is 0 Å². The van der Waals surface area contributed by atoms with Gasteiger partial charge in [-0.25, -0.2) is 9.97 Å². The molecule has 4 nitrogen and oxygen atoms in total. The van der Waals surface area contributed by atoms with E-state index in [9.17, 15) is 0 Å². The Bertz CT molecular complexity index is 1080. The summed E-state index contributed by atoms with van der Waals surface area (Å²) in [5.74, 6) is 1.39. The fraction of sp³-hybridized carbons (Fsp3) is 0.0500. The van der Waals surface area contributed by atoms with Crippen LogP contribution in [0.3, 0.4) is 0 Å². The molecule has 0 saturated carbocycles. The summed E-state index contributed by atoms with van der Waals surface area (Å²) in [5, 5.41) is 5.29. The van der Waals surface area contributed by atoms with Crippen molar-refractivity contribution < 1.29 is 0 Å². The van der Waals surface area contributed by atoms with E-state index >= 15 is 0 Å². The Labute approximate surface area is 160 Å². The molecule has 4 rings (SSSR count). The minimum Gasteiger partial charge on any atom is -0.373 e. The largest absolute Gasteiger partial charge is 0.373 e. The molecule has 0 aliphatic carbocycles. The number of benzene rings is 2. The molecule has 2 aromatic heterocycles. The number of hydrogen-bond donors (Lipinski definition) is 1. The van der Waals surface area contributed by atoms with Crippen molar-refractivity contribution in [3.63, 3.8) is 0 Å². The molecule has 0 amide bonds. The Kier molecular flexibility index (Phi) is 4.45. The van der Waals surface area contributed by atoms with Gasteiger partial charge in [-0.1, -0.05) is 29.3 Å². The summed E-state index contributed by atoms with van der Waals surface area (Å²) in [6, 6.07) is 15.3. The lowest BCUT2D eigenvalue weighted by molar-refractivity contribution is 1.20. The molecule has 0 fully saturated rings. The summed E-state index contributed by atoms with van der Waals surface area (Å²) >= 11 is 12.3. The zero-order chi connectivity index (χ0) is 18.1. The smallest absolute Gasteiger partial charge is 0.163 e. The van der Waals surface area contributed by atoms with E-state index in [-0.39, 0.29) is 0 Å². The van der Waals surface area contributed by atoms with Crippen LogP contribution in [0, 0.1) is 0 Å². The quantitative estimate of drug-likeness (QED) is 0.494. The second-order valence-corrected chi connectivity index (χ2v) is 6.65. The van der Waals surface area contributed by atoms with Gasteiger partial charge in [0.25, 0.3) is 0 Å². The van der Waals surface area contributed by atoms with Crippen molar-refractivity contribution in [2.75, 3.05) is 12.4 Å². The lowest BCUT2D eigenvalue weighted by Gasteiger charge is -2.10. The Morgan fingerprint density at radius 2 is 1.65 bits per heavy atom. The molecule has 1 N–H and O–H groups in total. The molecule has 0 atom stereocenters. The second-order valence-electron chi connectivity index (χ2n) is 5.78. The second kappa shape index (κ2) is 6.90. The van der Waals surface area contributed by atoms with Gasteiger partial charge in [-0.3, -0.25) is 4.98 Å². The number of pyridine rings is 1. The van der Waals surface area contributed by atoms with Crippen molar-refractivity contribution in [2.45, 2.75) is 0 Å². The predicted octanol–water partition coefficient (Wildman–Crippen LogP) is 5.71. The van der Waals surface area contributed by atoms with Crippen LogP contribution in [-0.4, -0.2) is 22.0 Å². The van der Waals surface area contributed by atoms with Crippen LogP contribution in [0.25, 0.3) is 33.4 Å². The zero-order valence-corrected chi connectivity index (χ0v) is 15.4. The molecule has 26 heavy (non-hydrogen) atoms. The molecule has 0 aliphatic heterocycles. The van der Waals surface area contributed by atoms with Crippen LogP contribution >= 0.6 is 23.2 Å². The maximum atomic E-state index is 6.14. The summed E-state index contributed by atoms with van der Waals surface area (Å²) in [4.78, 5) is 13.5. The highest BCUT2D eigenvalue weighted by atomic mass is 35.5. The Morgan fingerprint density at radius 1 is 0.846 bits per heavy atom. The van der Waals surface area contributed by atoms with Crippen LogP contribution < -0.4 is 5.32 Å². The highest BCUT2D eigenvalue weighted by Crippen LogP contribution is 2.32. The fourth-order valence-corrected chi connectivity index (χ4v) is 3.37. The van der Waals surface area contributed by atoms with E-state index in [0.29, 0.717) is 15.9 Å². The number of anilines is 1. The number of nitrogens with one attached hydrogen (secondary N) is 1. The molecule has 4 aromatic rings. The minimum atomic E-state index is 0.601. The average molecular weight is 381 g/mol. The maximum absolute atomic E-state index is 6.14. The van der Waals surface area contributed by atoms with E-state index in [2.05, 4.69) is 20.3 Å². The van der Waals surface area contributed by atoms with E-state index in [4.69, 9.17) is 23.2 Å². The molecule has 0 aliphatic rings. The van der Waals surface area contributed by atoms with Crippen LogP contribution in [0.4, 0.5) is 5.82 Å². The molecule has 0 radical (unpaired) electrons. The van der Waals surface area contributed by atoms with Gasteiger partial charge in [-0.15, -0.1) is 0 Å². The van der Waals surface area contributed by atoms with Crippen molar-refractivity contribution in [3.05, 3.63) is 71.0 Å². The summed E-state index contributed by atoms with van der Waals surface area (Å²) in [6.07, 6.45) is 3.48.